The number of hydrogen-bond acceptors (Lipinski definition) is 7. The topological polar surface area (TPSA) is 119 Å². The van der Waals surface area contributed by atoms with Crippen LogP contribution >= 0.6 is 0 Å². The molecule has 0 unspecified atom stereocenters. The summed E-state index contributed by atoms with van der Waals surface area (Å²) in [7, 11) is -1.95. The molecule has 2 aromatic carbocycles. The molecular weight excluding hydrogens is 444 g/mol. The Morgan fingerprint density at radius 1 is 1.15 bits per heavy atom. The maximum absolute atomic E-state index is 12.9. The molecule has 174 valence electrons. The van der Waals surface area contributed by atoms with Crippen molar-refractivity contribution >= 4 is 21.6 Å². The summed E-state index contributed by atoms with van der Waals surface area (Å²) in [6, 6.07) is 13.4. The highest BCUT2D eigenvalue weighted by molar-refractivity contribution is 7.89. The Morgan fingerprint density at radius 2 is 1.88 bits per heavy atom. The number of aromatic nitrogens is 4. The van der Waals surface area contributed by atoms with E-state index in [-0.39, 0.29) is 17.3 Å². The van der Waals surface area contributed by atoms with Crippen molar-refractivity contribution in [1.82, 2.24) is 24.5 Å². The molecule has 0 aliphatic carbocycles. The SMILES string of the molecule is COc1ccc(-c2nnn(CC(=O)Nc3ccc(S(=O)(=O)N4CCC[C@@H](C)C4)cc3)n2)cc1. The van der Waals surface area contributed by atoms with Gasteiger partial charge in [0.1, 0.15) is 12.3 Å². The summed E-state index contributed by atoms with van der Waals surface area (Å²) in [5.74, 6) is 1.11. The summed E-state index contributed by atoms with van der Waals surface area (Å²) < 4.78 is 32.4. The normalized spacial score (nSPS) is 17.0. The minimum absolute atomic E-state index is 0.130. The number of benzene rings is 2. The van der Waals surface area contributed by atoms with Crippen LogP contribution in [0.4, 0.5) is 5.69 Å². The summed E-state index contributed by atoms with van der Waals surface area (Å²) in [5.41, 5.74) is 1.24. The highest BCUT2D eigenvalue weighted by Gasteiger charge is 2.28. The number of carbonyl (C=O) groups is 1. The Bertz CT molecular complexity index is 1210. The monoisotopic (exact) mass is 470 g/mol. The molecule has 1 aliphatic rings. The van der Waals surface area contributed by atoms with Crippen molar-refractivity contribution in [2.45, 2.75) is 31.2 Å². The van der Waals surface area contributed by atoms with Crippen molar-refractivity contribution in [3.8, 4) is 17.1 Å². The maximum atomic E-state index is 12.9. The van der Waals surface area contributed by atoms with E-state index in [2.05, 4.69) is 27.7 Å². The average molecular weight is 471 g/mol. The summed E-state index contributed by atoms with van der Waals surface area (Å²) in [5, 5.41) is 14.9. The van der Waals surface area contributed by atoms with E-state index in [1.807, 2.05) is 0 Å². The number of carbonyl (C=O) groups excluding carboxylic acids is 1. The first-order valence-corrected chi connectivity index (χ1v) is 12.1. The average Bonchev–Trinajstić information content (AvgIpc) is 3.27. The van der Waals surface area contributed by atoms with Crippen LogP contribution in [0.25, 0.3) is 11.4 Å². The van der Waals surface area contributed by atoms with Crippen molar-refractivity contribution < 1.29 is 17.9 Å². The number of anilines is 1. The van der Waals surface area contributed by atoms with Gasteiger partial charge in [-0.05, 0) is 72.5 Å². The molecule has 0 saturated carbocycles. The zero-order chi connectivity index (χ0) is 23.4. The summed E-state index contributed by atoms with van der Waals surface area (Å²) in [4.78, 5) is 13.8. The second-order valence-electron chi connectivity index (χ2n) is 8.05. The minimum atomic E-state index is -3.54. The first-order chi connectivity index (χ1) is 15.8. The first-order valence-electron chi connectivity index (χ1n) is 10.7. The van der Waals surface area contributed by atoms with Gasteiger partial charge >= 0.3 is 0 Å². The van der Waals surface area contributed by atoms with E-state index < -0.39 is 10.0 Å². The number of hydrogen-bond donors (Lipinski definition) is 1. The Hall–Kier alpha value is -3.31. The van der Waals surface area contributed by atoms with Crippen LogP contribution < -0.4 is 10.1 Å². The second-order valence-corrected chi connectivity index (χ2v) is 9.99. The lowest BCUT2D eigenvalue weighted by Gasteiger charge is -2.30. The number of amides is 1. The molecule has 0 bridgehead atoms. The quantitative estimate of drug-likeness (QED) is 0.563. The van der Waals surface area contributed by atoms with E-state index in [0.29, 0.717) is 30.5 Å². The molecule has 0 radical (unpaired) electrons. The van der Waals surface area contributed by atoms with Crippen molar-refractivity contribution in [3.63, 3.8) is 0 Å². The molecule has 0 spiro atoms. The summed E-state index contributed by atoms with van der Waals surface area (Å²) in [6.07, 6.45) is 1.91. The van der Waals surface area contributed by atoms with Crippen LogP contribution in [0, 0.1) is 5.92 Å². The van der Waals surface area contributed by atoms with Gasteiger partial charge in [-0.25, -0.2) is 8.42 Å². The molecule has 11 heteroatoms. The van der Waals surface area contributed by atoms with E-state index in [4.69, 9.17) is 4.74 Å². The third-order valence-corrected chi connectivity index (χ3v) is 7.36. The fourth-order valence-electron chi connectivity index (χ4n) is 3.72. The number of methoxy groups -OCH3 is 1. The third kappa shape index (κ3) is 5.37. The van der Waals surface area contributed by atoms with Crippen LogP contribution in [0.3, 0.4) is 0 Å². The smallest absolute Gasteiger partial charge is 0.248 e. The van der Waals surface area contributed by atoms with Gasteiger partial charge < -0.3 is 10.1 Å². The van der Waals surface area contributed by atoms with Gasteiger partial charge in [0, 0.05) is 24.3 Å². The molecule has 2 heterocycles. The van der Waals surface area contributed by atoms with Gasteiger partial charge in [0.2, 0.25) is 21.8 Å². The molecule has 1 fully saturated rings. The predicted molar refractivity (Wildman–Crippen MR) is 122 cm³/mol. The molecule has 4 rings (SSSR count). The lowest BCUT2D eigenvalue weighted by molar-refractivity contribution is -0.117. The van der Waals surface area contributed by atoms with Crippen molar-refractivity contribution in [2.75, 3.05) is 25.5 Å². The number of piperidine rings is 1. The van der Waals surface area contributed by atoms with Gasteiger partial charge in [-0.3, -0.25) is 4.79 Å². The Kier molecular flexibility index (Phi) is 6.70. The highest BCUT2D eigenvalue weighted by atomic mass is 32.2. The predicted octanol–water partition coefficient (Wildman–Crippen LogP) is 2.41. The van der Waals surface area contributed by atoms with Crippen molar-refractivity contribution in [3.05, 3.63) is 48.5 Å². The number of sulfonamides is 1. The standard InChI is InChI=1S/C22H26N6O4S/c1-16-4-3-13-27(14-16)33(30,31)20-11-7-18(8-12-20)23-21(29)15-28-25-22(24-26-28)17-5-9-19(32-2)10-6-17/h5-12,16H,3-4,13-15H2,1-2H3,(H,23,29)/t16-/m1/s1. The van der Waals surface area contributed by atoms with E-state index in [9.17, 15) is 13.2 Å². The third-order valence-electron chi connectivity index (χ3n) is 5.48. The lowest BCUT2D eigenvalue weighted by atomic mass is 10.0. The van der Waals surface area contributed by atoms with Crippen molar-refractivity contribution in [1.29, 1.82) is 0 Å². The van der Waals surface area contributed by atoms with Crippen LogP contribution in [0.5, 0.6) is 5.75 Å². The number of rotatable bonds is 7. The van der Waals surface area contributed by atoms with Gasteiger partial charge in [-0.1, -0.05) is 6.92 Å². The molecular formula is C22H26N6O4S. The minimum Gasteiger partial charge on any atom is -0.497 e. The number of nitrogens with zero attached hydrogens (tertiary/aromatic N) is 5. The fraction of sp³-hybridized carbons (Fsp3) is 0.364. The summed E-state index contributed by atoms with van der Waals surface area (Å²) >= 11 is 0. The van der Waals surface area contributed by atoms with Crippen LogP contribution in [0.2, 0.25) is 0 Å². The van der Waals surface area contributed by atoms with Crippen LogP contribution in [-0.4, -0.2) is 59.0 Å². The fourth-order valence-corrected chi connectivity index (χ4v) is 5.32. The van der Waals surface area contributed by atoms with Gasteiger partial charge in [-0.15, -0.1) is 10.2 Å². The largest absolute Gasteiger partial charge is 0.497 e. The molecule has 1 aromatic heterocycles. The summed E-state index contributed by atoms with van der Waals surface area (Å²) in [6.45, 7) is 3.00. The van der Waals surface area contributed by atoms with Crippen LogP contribution in [0.15, 0.2) is 53.4 Å². The molecule has 33 heavy (non-hydrogen) atoms. The van der Waals surface area contributed by atoms with E-state index in [1.165, 1.54) is 21.2 Å². The second kappa shape index (κ2) is 9.67. The van der Waals surface area contributed by atoms with Crippen LogP contribution in [0.1, 0.15) is 19.8 Å². The van der Waals surface area contributed by atoms with E-state index >= 15 is 0 Å². The van der Waals surface area contributed by atoms with E-state index in [0.717, 1.165) is 24.2 Å². The van der Waals surface area contributed by atoms with Gasteiger partial charge in [-0.2, -0.15) is 9.10 Å². The van der Waals surface area contributed by atoms with Gasteiger partial charge in [0.05, 0.1) is 12.0 Å². The first kappa shape index (κ1) is 22.9. The van der Waals surface area contributed by atoms with Gasteiger partial charge in [0.15, 0.2) is 0 Å². The molecule has 1 N–H and O–H groups in total. The number of ether oxygens (including phenoxy) is 1. The molecule has 1 atom stereocenters. The van der Waals surface area contributed by atoms with Gasteiger partial charge in [0.25, 0.3) is 0 Å². The lowest BCUT2D eigenvalue weighted by Crippen LogP contribution is -2.39. The zero-order valence-electron chi connectivity index (χ0n) is 18.5. The Morgan fingerprint density at radius 3 is 2.55 bits per heavy atom. The molecule has 1 amide bonds. The van der Waals surface area contributed by atoms with Crippen molar-refractivity contribution in [2.24, 2.45) is 5.92 Å². The number of tetrazole rings is 1. The highest BCUT2D eigenvalue weighted by Crippen LogP contribution is 2.24. The Labute approximate surface area is 192 Å². The molecule has 1 aliphatic heterocycles. The van der Waals surface area contributed by atoms with Crippen LogP contribution in [-0.2, 0) is 21.4 Å². The molecule has 3 aromatic rings. The zero-order valence-corrected chi connectivity index (χ0v) is 19.3. The van der Waals surface area contributed by atoms with E-state index in [1.54, 1.807) is 43.5 Å². The number of nitrogens with one attached hydrogen (secondary N) is 1. The molecule has 10 nitrogen and oxygen atoms in total. The Balaban J connectivity index is 1.36. The maximum Gasteiger partial charge on any atom is 0.248 e. The molecule has 1 saturated heterocycles.